The maximum atomic E-state index is 5.69. The molecule has 0 amide bonds. The molecule has 2 aromatic heterocycles. The summed E-state index contributed by atoms with van der Waals surface area (Å²) in [4.78, 5) is 11.9. The van der Waals surface area contributed by atoms with Crippen LogP contribution in [-0.4, -0.2) is 15.0 Å². The first-order valence-electron chi connectivity index (χ1n) is 3.23. The van der Waals surface area contributed by atoms with Crippen LogP contribution in [0.2, 0.25) is 5.15 Å². The van der Waals surface area contributed by atoms with Crippen LogP contribution in [0.1, 0.15) is 0 Å². The first-order valence-corrected chi connectivity index (χ1v) is 4.49. The second kappa shape index (κ2) is 3.16. The van der Waals surface area contributed by atoms with E-state index in [1.54, 1.807) is 12.3 Å². The van der Waals surface area contributed by atoms with Gasteiger partial charge in [0, 0.05) is 17.6 Å². The average Bonchev–Trinajstić information content (AvgIpc) is 2.56. The fraction of sp³-hybridized carbons (Fsp3) is 0. The van der Waals surface area contributed by atoms with E-state index in [1.807, 2.05) is 5.38 Å². The summed E-state index contributed by atoms with van der Waals surface area (Å²) in [5.74, 6) is 0. The first-order chi connectivity index (χ1) is 5.86. The molecule has 0 spiro atoms. The van der Waals surface area contributed by atoms with E-state index in [-0.39, 0.29) is 0 Å². The van der Waals surface area contributed by atoms with Gasteiger partial charge in [0.1, 0.15) is 22.2 Å². The van der Waals surface area contributed by atoms with Gasteiger partial charge >= 0.3 is 0 Å². The largest absolute Gasteiger partial charge is 0.243 e. The van der Waals surface area contributed by atoms with E-state index in [1.165, 1.54) is 17.7 Å². The molecule has 0 unspecified atom stereocenters. The number of halogens is 1. The summed E-state index contributed by atoms with van der Waals surface area (Å²) < 4.78 is 0. The van der Waals surface area contributed by atoms with Crippen molar-refractivity contribution >= 4 is 22.9 Å². The van der Waals surface area contributed by atoms with Crippen molar-refractivity contribution in [2.75, 3.05) is 0 Å². The molecule has 0 aromatic carbocycles. The highest BCUT2D eigenvalue weighted by Gasteiger charge is 2.01. The molecular formula is C7H4ClN3S. The van der Waals surface area contributed by atoms with Crippen LogP contribution < -0.4 is 0 Å². The molecule has 0 saturated heterocycles. The molecule has 5 heteroatoms. The van der Waals surface area contributed by atoms with Crippen molar-refractivity contribution in [1.29, 1.82) is 0 Å². The highest BCUT2D eigenvalue weighted by molar-refractivity contribution is 7.13. The minimum Gasteiger partial charge on any atom is -0.243 e. The third-order valence-electron chi connectivity index (χ3n) is 1.29. The van der Waals surface area contributed by atoms with E-state index in [2.05, 4.69) is 15.0 Å². The maximum absolute atomic E-state index is 5.69. The highest BCUT2D eigenvalue weighted by Crippen LogP contribution is 2.20. The summed E-state index contributed by atoms with van der Waals surface area (Å²) in [5, 5.41) is 3.19. The van der Waals surface area contributed by atoms with Crippen LogP contribution in [0, 0.1) is 0 Å². The lowest BCUT2D eigenvalue weighted by atomic mass is 10.4. The Kier molecular flexibility index (Phi) is 2.01. The Morgan fingerprint density at radius 2 is 2.17 bits per heavy atom. The molecule has 3 nitrogen and oxygen atoms in total. The van der Waals surface area contributed by atoms with Crippen molar-refractivity contribution < 1.29 is 0 Å². The lowest BCUT2D eigenvalue weighted by Gasteiger charge is -1.93. The number of aromatic nitrogens is 3. The van der Waals surface area contributed by atoms with Gasteiger partial charge in [-0.25, -0.2) is 15.0 Å². The molecule has 0 aliphatic rings. The van der Waals surface area contributed by atoms with Gasteiger partial charge in [0.25, 0.3) is 0 Å². The van der Waals surface area contributed by atoms with Crippen molar-refractivity contribution in [1.82, 2.24) is 15.0 Å². The van der Waals surface area contributed by atoms with Crippen LogP contribution in [0.5, 0.6) is 0 Å². The minimum absolute atomic E-state index is 0.440. The van der Waals surface area contributed by atoms with Crippen LogP contribution in [0.4, 0.5) is 0 Å². The number of hydrogen-bond donors (Lipinski definition) is 0. The zero-order valence-corrected chi connectivity index (χ0v) is 7.51. The number of rotatable bonds is 1. The summed E-state index contributed by atoms with van der Waals surface area (Å²) in [5.41, 5.74) is 0.769. The predicted molar refractivity (Wildman–Crippen MR) is 48.2 cm³/mol. The van der Waals surface area contributed by atoms with Crippen LogP contribution >= 0.6 is 22.9 Å². The van der Waals surface area contributed by atoms with E-state index in [0.29, 0.717) is 5.15 Å². The monoisotopic (exact) mass is 197 g/mol. The SMILES string of the molecule is Clc1cc(-c2nccs2)ncn1. The third-order valence-corrected chi connectivity index (χ3v) is 2.29. The molecular weight excluding hydrogens is 194 g/mol. The summed E-state index contributed by atoms with van der Waals surface area (Å²) in [7, 11) is 0. The zero-order chi connectivity index (χ0) is 8.39. The van der Waals surface area contributed by atoms with Gasteiger partial charge in [-0.15, -0.1) is 11.3 Å². The Hall–Kier alpha value is -1.00. The molecule has 0 aliphatic heterocycles. The van der Waals surface area contributed by atoms with Gasteiger partial charge in [0.2, 0.25) is 0 Å². The molecule has 0 saturated carbocycles. The molecule has 2 heterocycles. The molecule has 0 aliphatic carbocycles. The standard InChI is InChI=1S/C7H4ClN3S/c8-6-3-5(10-4-11-6)7-9-1-2-12-7/h1-4H. The fourth-order valence-corrected chi connectivity index (χ4v) is 1.55. The van der Waals surface area contributed by atoms with Gasteiger partial charge in [-0.2, -0.15) is 0 Å². The lowest BCUT2D eigenvalue weighted by molar-refractivity contribution is 1.16. The van der Waals surface area contributed by atoms with Crippen LogP contribution in [-0.2, 0) is 0 Å². The lowest BCUT2D eigenvalue weighted by Crippen LogP contribution is -1.83. The highest BCUT2D eigenvalue weighted by atomic mass is 35.5. The Labute approximate surface area is 78.1 Å². The molecule has 12 heavy (non-hydrogen) atoms. The second-order valence-electron chi connectivity index (χ2n) is 2.06. The van der Waals surface area contributed by atoms with Gasteiger partial charge in [-0.3, -0.25) is 0 Å². The Morgan fingerprint density at radius 1 is 1.25 bits per heavy atom. The predicted octanol–water partition coefficient (Wildman–Crippen LogP) is 2.25. The van der Waals surface area contributed by atoms with Crippen molar-refractivity contribution in [2.24, 2.45) is 0 Å². The Balaban J connectivity index is 2.48. The van der Waals surface area contributed by atoms with Gasteiger partial charge in [0.15, 0.2) is 0 Å². The second-order valence-corrected chi connectivity index (χ2v) is 3.35. The smallest absolute Gasteiger partial charge is 0.141 e. The van der Waals surface area contributed by atoms with Crippen LogP contribution in [0.25, 0.3) is 10.7 Å². The molecule has 2 aromatic rings. The van der Waals surface area contributed by atoms with Gasteiger partial charge < -0.3 is 0 Å². The first kappa shape index (κ1) is 7.64. The van der Waals surface area contributed by atoms with Gasteiger partial charge in [-0.1, -0.05) is 11.6 Å². The van der Waals surface area contributed by atoms with Crippen LogP contribution in [0.3, 0.4) is 0 Å². The maximum Gasteiger partial charge on any atom is 0.141 e. The van der Waals surface area contributed by atoms with Gasteiger partial charge in [-0.05, 0) is 0 Å². The normalized spacial score (nSPS) is 10.1. The Bertz CT molecular complexity index is 374. The number of thiazole rings is 1. The topological polar surface area (TPSA) is 38.7 Å². The summed E-state index contributed by atoms with van der Waals surface area (Å²) in [6, 6.07) is 1.69. The Morgan fingerprint density at radius 3 is 2.83 bits per heavy atom. The average molecular weight is 198 g/mol. The van der Waals surface area contributed by atoms with Crippen molar-refractivity contribution in [3.63, 3.8) is 0 Å². The van der Waals surface area contributed by atoms with Crippen molar-refractivity contribution in [3.8, 4) is 10.7 Å². The molecule has 0 bridgehead atoms. The summed E-state index contributed by atoms with van der Waals surface area (Å²) in [6.45, 7) is 0. The molecule has 2 rings (SSSR count). The number of hydrogen-bond acceptors (Lipinski definition) is 4. The minimum atomic E-state index is 0.440. The van der Waals surface area contributed by atoms with E-state index < -0.39 is 0 Å². The fourth-order valence-electron chi connectivity index (χ4n) is 0.800. The van der Waals surface area contributed by atoms with Crippen molar-refractivity contribution in [3.05, 3.63) is 29.1 Å². The quantitative estimate of drug-likeness (QED) is 0.659. The van der Waals surface area contributed by atoms with E-state index in [0.717, 1.165) is 10.7 Å². The van der Waals surface area contributed by atoms with Crippen LogP contribution in [0.15, 0.2) is 24.0 Å². The molecule has 0 N–H and O–H groups in total. The summed E-state index contributed by atoms with van der Waals surface area (Å²) >= 11 is 7.21. The third kappa shape index (κ3) is 1.44. The van der Waals surface area contributed by atoms with E-state index in [4.69, 9.17) is 11.6 Å². The molecule has 60 valence electrons. The van der Waals surface area contributed by atoms with E-state index in [9.17, 15) is 0 Å². The zero-order valence-electron chi connectivity index (χ0n) is 5.94. The van der Waals surface area contributed by atoms with Crippen molar-refractivity contribution in [2.45, 2.75) is 0 Å². The summed E-state index contributed by atoms with van der Waals surface area (Å²) in [6.07, 6.45) is 3.16. The number of nitrogens with zero attached hydrogens (tertiary/aromatic N) is 3. The molecule has 0 atom stereocenters. The van der Waals surface area contributed by atoms with Gasteiger partial charge in [0.05, 0.1) is 0 Å². The molecule has 0 fully saturated rings. The van der Waals surface area contributed by atoms with E-state index >= 15 is 0 Å². The molecule has 0 radical (unpaired) electrons.